The number of carbonyl (C=O) groups excluding carboxylic acids is 1. The third kappa shape index (κ3) is 4.18. The Morgan fingerprint density at radius 1 is 1.55 bits per heavy atom. The van der Waals surface area contributed by atoms with Crippen molar-refractivity contribution in [3.63, 3.8) is 0 Å². The van der Waals surface area contributed by atoms with Crippen LogP contribution >= 0.6 is 0 Å². The van der Waals surface area contributed by atoms with Crippen LogP contribution in [0.25, 0.3) is 6.08 Å². The number of hydrogen-bond donors (Lipinski definition) is 1. The van der Waals surface area contributed by atoms with Crippen molar-refractivity contribution in [2.75, 3.05) is 26.3 Å². The van der Waals surface area contributed by atoms with Gasteiger partial charge in [0.15, 0.2) is 0 Å². The molecule has 6 nitrogen and oxygen atoms in total. The van der Waals surface area contributed by atoms with Gasteiger partial charge in [0, 0.05) is 38.0 Å². The van der Waals surface area contributed by atoms with Gasteiger partial charge >= 0.3 is 0 Å². The monoisotopic (exact) mass is 279 g/mol. The first-order valence-electron chi connectivity index (χ1n) is 6.87. The standard InChI is InChI=1S/C14H21N3O3/c1-16-11-12(10-15-16)2-3-14(19)17-6-4-13(5-7-17)20-9-8-18/h2-3,10-11,13,18H,4-9H2,1H3/b3-2+. The molecular formula is C14H21N3O3. The van der Waals surface area contributed by atoms with Crippen LogP contribution in [-0.4, -0.2) is 58.1 Å². The second kappa shape index (κ2) is 7.21. The number of nitrogens with zero attached hydrogens (tertiary/aromatic N) is 3. The van der Waals surface area contributed by atoms with Crippen LogP contribution in [0.4, 0.5) is 0 Å². The Morgan fingerprint density at radius 2 is 2.30 bits per heavy atom. The SMILES string of the molecule is Cn1cc(/C=C/C(=O)N2CCC(OCCO)CC2)cn1. The van der Waals surface area contributed by atoms with Gasteiger partial charge in [0.25, 0.3) is 0 Å². The number of ether oxygens (including phenoxy) is 1. The van der Waals surface area contributed by atoms with Crippen LogP contribution in [0.5, 0.6) is 0 Å². The lowest BCUT2D eigenvalue weighted by Gasteiger charge is -2.31. The molecule has 1 aliphatic rings. The van der Waals surface area contributed by atoms with Crippen LogP contribution in [0, 0.1) is 0 Å². The molecule has 6 heteroatoms. The number of piperidine rings is 1. The molecule has 0 bridgehead atoms. The van der Waals surface area contributed by atoms with E-state index < -0.39 is 0 Å². The Kier molecular flexibility index (Phi) is 5.31. The van der Waals surface area contributed by atoms with E-state index in [0.29, 0.717) is 19.7 Å². The summed E-state index contributed by atoms with van der Waals surface area (Å²) in [6.45, 7) is 1.82. The molecule has 1 aliphatic heterocycles. The van der Waals surface area contributed by atoms with E-state index in [-0.39, 0.29) is 18.6 Å². The van der Waals surface area contributed by atoms with E-state index in [2.05, 4.69) is 5.10 Å². The highest BCUT2D eigenvalue weighted by molar-refractivity contribution is 5.91. The van der Waals surface area contributed by atoms with Gasteiger partial charge in [0.05, 0.1) is 25.5 Å². The molecule has 20 heavy (non-hydrogen) atoms. The highest BCUT2D eigenvalue weighted by Gasteiger charge is 2.21. The lowest BCUT2D eigenvalue weighted by Crippen LogP contribution is -2.40. The van der Waals surface area contributed by atoms with Gasteiger partial charge in [0.2, 0.25) is 5.91 Å². The van der Waals surface area contributed by atoms with Crippen molar-refractivity contribution in [2.24, 2.45) is 7.05 Å². The van der Waals surface area contributed by atoms with Gasteiger partial charge in [0.1, 0.15) is 0 Å². The molecule has 0 aliphatic carbocycles. The molecule has 2 rings (SSSR count). The van der Waals surface area contributed by atoms with Gasteiger partial charge < -0.3 is 14.7 Å². The van der Waals surface area contributed by atoms with E-state index in [0.717, 1.165) is 18.4 Å². The summed E-state index contributed by atoms with van der Waals surface area (Å²) >= 11 is 0. The normalized spacial score (nSPS) is 17.0. The van der Waals surface area contributed by atoms with Gasteiger partial charge in [-0.25, -0.2) is 0 Å². The number of hydrogen-bond acceptors (Lipinski definition) is 4. The smallest absolute Gasteiger partial charge is 0.246 e. The van der Waals surface area contributed by atoms with E-state index >= 15 is 0 Å². The third-order valence-electron chi connectivity index (χ3n) is 3.34. The summed E-state index contributed by atoms with van der Waals surface area (Å²) in [4.78, 5) is 13.9. The minimum atomic E-state index is 0.0226. The fraction of sp³-hybridized carbons (Fsp3) is 0.571. The fourth-order valence-corrected chi connectivity index (χ4v) is 2.26. The van der Waals surface area contributed by atoms with Crippen LogP contribution in [0.1, 0.15) is 18.4 Å². The molecule has 0 atom stereocenters. The summed E-state index contributed by atoms with van der Waals surface area (Å²) in [6.07, 6.45) is 8.76. The highest BCUT2D eigenvalue weighted by atomic mass is 16.5. The molecule has 0 radical (unpaired) electrons. The quantitative estimate of drug-likeness (QED) is 0.794. The maximum absolute atomic E-state index is 12.0. The molecule has 0 saturated carbocycles. The molecule has 1 saturated heterocycles. The number of carbonyl (C=O) groups is 1. The molecule has 0 unspecified atom stereocenters. The summed E-state index contributed by atoms with van der Waals surface area (Å²) in [5, 5.41) is 12.8. The third-order valence-corrected chi connectivity index (χ3v) is 3.34. The lowest BCUT2D eigenvalue weighted by atomic mass is 10.1. The van der Waals surface area contributed by atoms with Crippen molar-refractivity contribution in [3.05, 3.63) is 24.0 Å². The van der Waals surface area contributed by atoms with E-state index in [9.17, 15) is 4.79 Å². The Bertz CT molecular complexity index is 462. The first-order valence-corrected chi connectivity index (χ1v) is 6.87. The van der Waals surface area contributed by atoms with Gasteiger partial charge in [-0.05, 0) is 18.9 Å². The zero-order valence-corrected chi connectivity index (χ0v) is 11.7. The number of aliphatic hydroxyl groups excluding tert-OH is 1. The Labute approximate surface area is 118 Å². The topological polar surface area (TPSA) is 67.6 Å². The minimum Gasteiger partial charge on any atom is -0.394 e. The molecule has 1 aromatic rings. The van der Waals surface area contributed by atoms with Gasteiger partial charge in [-0.15, -0.1) is 0 Å². The van der Waals surface area contributed by atoms with Gasteiger partial charge in [-0.1, -0.05) is 0 Å². The zero-order chi connectivity index (χ0) is 14.4. The van der Waals surface area contributed by atoms with E-state index in [1.165, 1.54) is 0 Å². The van der Waals surface area contributed by atoms with Crippen molar-refractivity contribution >= 4 is 12.0 Å². The van der Waals surface area contributed by atoms with Crippen LogP contribution in [0.15, 0.2) is 18.5 Å². The molecule has 1 N–H and O–H groups in total. The molecule has 0 aromatic carbocycles. The van der Waals surface area contributed by atoms with Crippen LogP contribution in [-0.2, 0) is 16.6 Å². The van der Waals surface area contributed by atoms with Crippen molar-refractivity contribution in [1.29, 1.82) is 0 Å². The first kappa shape index (κ1) is 14.7. The average molecular weight is 279 g/mol. The van der Waals surface area contributed by atoms with E-state index in [4.69, 9.17) is 9.84 Å². The maximum Gasteiger partial charge on any atom is 0.246 e. The summed E-state index contributed by atoms with van der Waals surface area (Å²) < 4.78 is 7.18. The number of aliphatic hydroxyl groups is 1. The Balaban J connectivity index is 1.78. The van der Waals surface area contributed by atoms with Crippen molar-refractivity contribution in [3.8, 4) is 0 Å². The molecule has 0 spiro atoms. The molecule has 2 heterocycles. The molecule has 110 valence electrons. The summed E-state index contributed by atoms with van der Waals surface area (Å²) in [5.41, 5.74) is 0.919. The number of likely N-dealkylation sites (tertiary alicyclic amines) is 1. The number of amides is 1. The molecule has 1 amide bonds. The van der Waals surface area contributed by atoms with Crippen LogP contribution in [0.3, 0.4) is 0 Å². The van der Waals surface area contributed by atoms with Gasteiger partial charge in [-0.3, -0.25) is 9.48 Å². The van der Waals surface area contributed by atoms with E-state index in [1.807, 2.05) is 18.1 Å². The molecule has 1 aromatic heterocycles. The minimum absolute atomic E-state index is 0.0226. The number of aryl methyl sites for hydroxylation is 1. The van der Waals surface area contributed by atoms with Crippen molar-refractivity contribution in [2.45, 2.75) is 18.9 Å². The Morgan fingerprint density at radius 3 is 2.90 bits per heavy atom. The Hall–Kier alpha value is -1.66. The predicted octanol–water partition coefficient (Wildman–Crippen LogP) is 0.433. The number of aromatic nitrogens is 2. The highest BCUT2D eigenvalue weighted by Crippen LogP contribution is 2.14. The second-order valence-corrected chi connectivity index (χ2v) is 4.90. The van der Waals surface area contributed by atoms with Crippen LogP contribution < -0.4 is 0 Å². The first-order chi connectivity index (χ1) is 9.69. The average Bonchev–Trinajstić information content (AvgIpc) is 2.89. The summed E-state index contributed by atoms with van der Waals surface area (Å²) in [5.74, 6) is 0.0226. The van der Waals surface area contributed by atoms with Crippen LogP contribution in [0.2, 0.25) is 0 Å². The van der Waals surface area contributed by atoms with E-state index in [1.54, 1.807) is 23.0 Å². The van der Waals surface area contributed by atoms with Crippen molar-refractivity contribution in [1.82, 2.24) is 14.7 Å². The zero-order valence-electron chi connectivity index (χ0n) is 11.7. The fourth-order valence-electron chi connectivity index (χ4n) is 2.26. The largest absolute Gasteiger partial charge is 0.394 e. The van der Waals surface area contributed by atoms with Gasteiger partial charge in [-0.2, -0.15) is 5.10 Å². The maximum atomic E-state index is 12.0. The summed E-state index contributed by atoms with van der Waals surface area (Å²) in [6, 6.07) is 0. The number of rotatable bonds is 5. The van der Waals surface area contributed by atoms with Crippen molar-refractivity contribution < 1.29 is 14.6 Å². The molecular weight excluding hydrogens is 258 g/mol. The summed E-state index contributed by atoms with van der Waals surface area (Å²) in [7, 11) is 1.84. The lowest BCUT2D eigenvalue weighted by molar-refractivity contribution is -0.128. The predicted molar refractivity (Wildman–Crippen MR) is 74.9 cm³/mol. The second-order valence-electron chi connectivity index (χ2n) is 4.90. The molecule has 1 fully saturated rings.